The maximum Gasteiger partial charge on any atom is 0.264 e. The molecular formula is C32H31Cl2N3O4S. The molecule has 0 aliphatic carbocycles. The number of carbonyl (C=O) groups excluding carboxylic acids is 2. The van der Waals surface area contributed by atoms with E-state index in [1.165, 1.54) is 24.1 Å². The van der Waals surface area contributed by atoms with E-state index in [9.17, 15) is 18.0 Å². The van der Waals surface area contributed by atoms with Gasteiger partial charge in [-0.1, -0.05) is 89.9 Å². The summed E-state index contributed by atoms with van der Waals surface area (Å²) in [5.74, 6) is -0.952. The van der Waals surface area contributed by atoms with Gasteiger partial charge in [-0.05, 0) is 60.0 Å². The number of hydrogen-bond acceptors (Lipinski definition) is 4. The Morgan fingerprint density at radius 3 is 2.10 bits per heavy atom. The van der Waals surface area contributed by atoms with Crippen LogP contribution in [0.1, 0.15) is 16.7 Å². The summed E-state index contributed by atoms with van der Waals surface area (Å²) >= 11 is 12.4. The fourth-order valence-corrected chi connectivity index (χ4v) is 6.33. The molecule has 0 aliphatic heterocycles. The predicted molar refractivity (Wildman–Crippen MR) is 167 cm³/mol. The van der Waals surface area contributed by atoms with Gasteiger partial charge in [0.2, 0.25) is 11.8 Å². The molecule has 0 aliphatic rings. The molecule has 0 saturated heterocycles. The van der Waals surface area contributed by atoms with Gasteiger partial charge in [-0.15, -0.1) is 0 Å². The Morgan fingerprint density at radius 1 is 0.810 bits per heavy atom. The highest BCUT2D eigenvalue weighted by atomic mass is 35.5. The van der Waals surface area contributed by atoms with Gasteiger partial charge in [0.05, 0.1) is 20.6 Å². The highest BCUT2D eigenvalue weighted by Crippen LogP contribution is 2.27. The Labute approximate surface area is 256 Å². The van der Waals surface area contributed by atoms with Crippen molar-refractivity contribution >= 4 is 50.7 Å². The normalized spacial score (nSPS) is 11.9. The maximum atomic E-state index is 14.3. The van der Waals surface area contributed by atoms with Crippen LogP contribution in [-0.4, -0.2) is 44.8 Å². The number of rotatable bonds is 11. The van der Waals surface area contributed by atoms with Crippen LogP contribution in [0.25, 0.3) is 0 Å². The lowest BCUT2D eigenvalue weighted by Gasteiger charge is -2.33. The highest BCUT2D eigenvalue weighted by Gasteiger charge is 2.34. The summed E-state index contributed by atoms with van der Waals surface area (Å²) in [6.45, 7) is 1.30. The second-order valence-electron chi connectivity index (χ2n) is 9.75. The first-order chi connectivity index (χ1) is 20.1. The molecule has 0 fully saturated rings. The first-order valence-corrected chi connectivity index (χ1v) is 15.4. The lowest BCUT2D eigenvalue weighted by Crippen LogP contribution is -2.53. The third-order valence-corrected chi connectivity index (χ3v) is 9.28. The molecule has 218 valence electrons. The van der Waals surface area contributed by atoms with E-state index in [1.54, 1.807) is 54.6 Å². The topological polar surface area (TPSA) is 86.8 Å². The molecule has 42 heavy (non-hydrogen) atoms. The zero-order valence-corrected chi connectivity index (χ0v) is 25.5. The molecule has 4 rings (SSSR count). The molecule has 0 unspecified atom stereocenters. The van der Waals surface area contributed by atoms with E-state index in [0.717, 1.165) is 15.4 Å². The van der Waals surface area contributed by atoms with Crippen molar-refractivity contribution in [2.45, 2.75) is 30.8 Å². The van der Waals surface area contributed by atoms with Crippen molar-refractivity contribution in [1.29, 1.82) is 0 Å². The average Bonchev–Trinajstić information content (AvgIpc) is 2.99. The van der Waals surface area contributed by atoms with Crippen molar-refractivity contribution in [2.24, 2.45) is 0 Å². The Bertz CT molecular complexity index is 1650. The SMILES string of the molecule is CNC(=O)[C@@H](Cc1ccccc1)N(Cc1ccc(Cl)c(Cl)c1)C(=O)CN(c1cccc(C)c1)S(=O)(=O)c1ccccc1. The number of sulfonamides is 1. The third-order valence-electron chi connectivity index (χ3n) is 6.75. The molecule has 10 heteroatoms. The van der Waals surface area contributed by atoms with Gasteiger partial charge in [0.15, 0.2) is 0 Å². The Morgan fingerprint density at radius 2 is 1.48 bits per heavy atom. The molecule has 1 N–H and O–H groups in total. The van der Waals surface area contributed by atoms with Gasteiger partial charge < -0.3 is 10.2 Å². The minimum absolute atomic E-state index is 0.00627. The lowest BCUT2D eigenvalue weighted by molar-refractivity contribution is -0.139. The highest BCUT2D eigenvalue weighted by molar-refractivity contribution is 7.92. The van der Waals surface area contributed by atoms with Crippen LogP contribution in [0, 0.1) is 6.92 Å². The number of nitrogens with one attached hydrogen (secondary N) is 1. The van der Waals surface area contributed by atoms with E-state index >= 15 is 0 Å². The van der Waals surface area contributed by atoms with Crippen molar-refractivity contribution in [3.63, 3.8) is 0 Å². The molecule has 0 heterocycles. The first-order valence-electron chi connectivity index (χ1n) is 13.2. The molecule has 0 spiro atoms. The number of anilines is 1. The van der Waals surface area contributed by atoms with E-state index in [-0.39, 0.29) is 23.8 Å². The summed E-state index contributed by atoms with van der Waals surface area (Å²) in [5, 5.41) is 3.32. The monoisotopic (exact) mass is 623 g/mol. The second-order valence-corrected chi connectivity index (χ2v) is 12.4. The number of amides is 2. The van der Waals surface area contributed by atoms with Crippen LogP contribution in [0.15, 0.2) is 108 Å². The van der Waals surface area contributed by atoms with E-state index in [4.69, 9.17) is 23.2 Å². The summed E-state index contributed by atoms with van der Waals surface area (Å²) in [7, 11) is -2.65. The van der Waals surface area contributed by atoms with Gasteiger partial charge in [-0.3, -0.25) is 13.9 Å². The van der Waals surface area contributed by atoms with Gasteiger partial charge in [-0.25, -0.2) is 8.42 Å². The van der Waals surface area contributed by atoms with Crippen LogP contribution >= 0.6 is 23.2 Å². The van der Waals surface area contributed by atoms with Crippen LogP contribution in [0.3, 0.4) is 0 Å². The molecular weight excluding hydrogens is 593 g/mol. The van der Waals surface area contributed by atoms with Crippen molar-refractivity contribution in [1.82, 2.24) is 10.2 Å². The van der Waals surface area contributed by atoms with Crippen molar-refractivity contribution in [3.05, 3.63) is 130 Å². The summed E-state index contributed by atoms with van der Waals surface area (Å²) in [4.78, 5) is 29.0. The number of benzene rings is 4. The van der Waals surface area contributed by atoms with Crippen LogP contribution in [-0.2, 0) is 32.6 Å². The first kappa shape index (κ1) is 31.1. The summed E-state index contributed by atoms with van der Waals surface area (Å²) in [6, 6.07) is 28.2. The van der Waals surface area contributed by atoms with Crippen LogP contribution in [0.4, 0.5) is 5.69 Å². The second kappa shape index (κ2) is 13.9. The van der Waals surface area contributed by atoms with Gasteiger partial charge in [0.25, 0.3) is 10.0 Å². The molecule has 2 amide bonds. The van der Waals surface area contributed by atoms with Crippen molar-refractivity contribution in [2.75, 3.05) is 17.9 Å². The predicted octanol–water partition coefficient (Wildman–Crippen LogP) is 5.88. The number of nitrogens with zero attached hydrogens (tertiary/aromatic N) is 2. The molecule has 4 aromatic rings. The maximum absolute atomic E-state index is 14.3. The lowest BCUT2D eigenvalue weighted by atomic mass is 10.0. The zero-order valence-electron chi connectivity index (χ0n) is 23.2. The Hall–Kier alpha value is -3.85. The van der Waals surface area contributed by atoms with Crippen LogP contribution in [0.5, 0.6) is 0 Å². The molecule has 0 radical (unpaired) electrons. The minimum Gasteiger partial charge on any atom is -0.357 e. The van der Waals surface area contributed by atoms with Crippen LogP contribution < -0.4 is 9.62 Å². The molecule has 7 nitrogen and oxygen atoms in total. The van der Waals surface area contributed by atoms with Gasteiger partial charge >= 0.3 is 0 Å². The summed E-state index contributed by atoms with van der Waals surface area (Å²) in [6.07, 6.45) is 0.212. The Balaban J connectivity index is 1.79. The van der Waals surface area contributed by atoms with E-state index in [2.05, 4.69) is 5.32 Å². The van der Waals surface area contributed by atoms with Crippen molar-refractivity contribution < 1.29 is 18.0 Å². The quantitative estimate of drug-likeness (QED) is 0.226. The summed E-state index contributed by atoms with van der Waals surface area (Å²) < 4.78 is 29.0. The standard InChI is InChI=1S/C32H31Cl2N3O4S/c1-23-10-9-13-26(18-23)37(42(40,41)27-14-7-4-8-15-27)22-31(38)36(21-25-16-17-28(33)29(34)19-25)30(32(39)35-2)20-24-11-5-3-6-12-24/h3-19,30H,20-22H2,1-2H3,(H,35,39)/t30-/m1/s1. The average molecular weight is 625 g/mol. The number of halogens is 2. The number of carbonyl (C=O) groups is 2. The van der Waals surface area contributed by atoms with Gasteiger partial charge in [-0.2, -0.15) is 0 Å². The largest absolute Gasteiger partial charge is 0.357 e. The molecule has 1 atom stereocenters. The van der Waals surface area contributed by atoms with Gasteiger partial charge in [0, 0.05) is 20.0 Å². The molecule has 0 saturated carbocycles. The fraction of sp³-hybridized carbons (Fsp3) is 0.188. The number of hydrogen-bond donors (Lipinski definition) is 1. The third kappa shape index (κ3) is 7.50. The van der Waals surface area contributed by atoms with Gasteiger partial charge in [0.1, 0.15) is 12.6 Å². The molecule has 0 bridgehead atoms. The van der Waals surface area contributed by atoms with Crippen molar-refractivity contribution in [3.8, 4) is 0 Å². The van der Waals surface area contributed by atoms with E-state index < -0.39 is 28.5 Å². The Kier molecular flexibility index (Phi) is 10.3. The molecule has 0 aromatic heterocycles. The minimum atomic E-state index is -4.15. The molecule has 4 aromatic carbocycles. The number of aryl methyl sites for hydroxylation is 1. The smallest absolute Gasteiger partial charge is 0.264 e. The fourth-order valence-electron chi connectivity index (χ4n) is 4.59. The zero-order chi connectivity index (χ0) is 30.3. The number of likely N-dealkylation sites (N-methyl/N-ethyl adjacent to an activating group) is 1. The summed E-state index contributed by atoms with van der Waals surface area (Å²) in [5.41, 5.74) is 2.63. The van der Waals surface area contributed by atoms with E-state index in [0.29, 0.717) is 21.3 Å². The van der Waals surface area contributed by atoms with Crippen LogP contribution in [0.2, 0.25) is 10.0 Å². The van der Waals surface area contributed by atoms with E-state index in [1.807, 2.05) is 43.3 Å².